The summed E-state index contributed by atoms with van der Waals surface area (Å²) < 4.78 is 0. The van der Waals surface area contributed by atoms with Gasteiger partial charge in [-0.15, -0.1) is 0 Å². The molecule has 0 aromatic heterocycles. The van der Waals surface area contributed by atoms with Crippen LogP contribution in [0.1, 0.15) is 75.0 Å². The second-order valence-corrected chi connectivity index (χ2v) is 14.8. The summed E-state index contributed by atoms with van der Waals surface area (Å²) in [6, 6.07) is 22.0. The van der Waals surface area contributed by atoms with Gasteiger partial charge in [0.15, 0.2) is 0 Å². The topological polar surface area (TPSA) is 0 Å². The molecule has 0 nitrogen and oxygen atoms in total. The van der Waals surface area contributed by atoms with Gasteiger partial charge in [0.25, 0.3) is 0 Å². The summed E-state index contributed by atoms with van der Waals surface area (Å²) in [7, 11) is -2.27. The van der Waals surface area contributed by atoms with Crippen molar-refractivity contribution in [3.8, 4) is 0 Å². The second kappa shape index (κ2) is 10.8. The molecule has 0 saturated carbocycles. The lowest BCUT2D eigenvalue weighted by molar-refractivity contribution is 1.09. The summed E-state index contributed by atoms with van der Waals surface area (Å²) in [6.45, 7) is 25.4. The smallest absolute Gasteiger partial charge is 0.0613 e. The Balaban J connectivity index is 2.42. The molecule has 0 radical (unpaired) electrons. The summed E-state index contributed by atoms with van der Waals surface area (Å²) in [5.74, 6) is 0. The van der Waals surface area contributed by atoms with Crippen LogP contribution in [0, 0.1) is 62.3 Å². The minimum atomic E-state index is -2.27. The molecule has 198 valence electrons. The number of hydrogen-bond acceptors (Lipinski definition) is 0. The van der Waals surface area contributed by atoms with Crippen molar-refractivity contribution in [3.05, 3.63) is 116 Å². The molecular formula is C37H46P+. The molecule has 4 rings (SSSR count). The number of rotatable bonds is 6. The lowest BCUT2D eigenvalue weighted by Gasteiger charge is -2.35. The van der Waals surface area contributed by atoms with Gasteiger partial charge in [0.1, 0.15) is 28.5 Å². The fourth-order valence-electron chi connectivity index (χ4n) is 7.17. The van der Waals surface area contributed by atoms with Crippen LogP contribution in [0.3, 0.4) is 0 Å². The lowest BCUT2D eigenvalue weighted by atomic mass is 10.1. The first-order valence-electron chi connectivity index (χ1n) is 14.2. The van der Waals surface area contributed by atoms with Crippen molar-refractivity contribution in [3.63, 3.8) is 0 Å². The Kier molecular flexibility index (Phi) is 8.07. The average Bonchev–Trinajstić information content (AvgIpc) is 2.81. The maximum absolute atomic E-state index is 2.56. The molecule has 0 spiro atoms. The van der Waals surface area contributed by atoms with Gasteiger partial charge in [0.2, 0.25) is 0 Å². The van der Waals surface area contributed by atoms with Gasteiger partial charge in [-0.1, -0.05) is 73.0 Å². The molecule has 0 aliphatic rings. The SMILES string of the molecule is CCc1cc(CC)cc([P+](c2c(C)cc(C)cc2C)(c2c(C)cc(C)cc2C)c2c(C)cc(C)cc2C)c1. The standard InChI is InChI=1S/C37H46P/c1-12-32-20-33(13-2)22-34(21-32)38(35-26(6)14-23(3)15-27(35)7,36-28(8)16-24(4)17-29(36)9)37-30(10)18-25(5)19-31(37)11/h14-22H,12-13H2,1-11H3/q+1. The van der Waals surface area contributed by atoms with Crippen LogP contribution in [0.5, 0.6) is 0 Å². The van der Waals surface area contributed by atoms with E-state index < -0.39 is 7.26 Å². The molecule has 0 heterocycles. The summed E-state index contributed by atoms with van der Waals surface area (Å²) in [6.07, 6.45) is 2.09. The zero-order valence-electron chi connectivity index (χ0n) is 25.6. The average molecular weight is 522 g/mol. The van der Waals surface area contributed by atoms with Gasteiger partial charge < -0.3 is 0 Å². The summed E-state index contributed by atoms with van der Waals surface area (Å²) in [4.78, 5) is 0. The number of aryl methyl sites for hydroxylation is 11. The highest BCUT2D eigenvalue weighted by atomic mass is 31.2. The van der Waals surface area contributed by atoms with Crippen molar-refractivity contribution in [1.29, 1.82) is 0 Å². The van der Waals surface area contributed by atoms with Gasteiger partial charge in [0.05, 0.1) is 0 Å². The van der Waals surface area contributed by atoms with Crippen molar-refractivity contribution in [2.24, 2.45) is 0 Å². The Labute approximate surface area is 232 Å². The van der Waals surface area contributed by atoms with E-state index in [4.69, 9.17) is 0 Å². The predicted molar refractivity (Wildman–Crippen MR) is 173 cm³/mol. The third kappa shape index (κ3) is 4.78. The highest BCUT2D eigenvalue weighted by Gasteiger charge is 2.53. The maximum Gasteiger partial charge on any atom is 0.146 e. The minimum Gasteiger partial charge on any atom is -0.0613 e. The van der Waals surface area contributed by atoms with Crippen LogP contribution in [0.25, 0.3) is 0 Å². The normalized spacial score (nSPS) is 11.8. The largest absolute Gasteiger partial charge is 0.146 e. The first-order chi connectivity index (χ1) is 17.9. The first-order valence-corrected chi connectivity index (χ1v) is 16.0. The number of benzene rings is 4. The zero-order chi connectivity index (χ0) is 27.9. The van der Waals surface area contributed by atoms with Crippen LogP contribution in [-0.4, -0.2) is 0 Å². The quantitative estimate of drug-likeness (QED) is 0.224. The second-order valence-electron chi connectivity index (χ2n) is 11.6. The predicted octanol–water partition coefficient (Wildman–Crippen LogP) is 8.21. The van der Waals surface area contributed by atoms with Gasteiger partial charge in [-0.2, -0.15) is 0 Å². The third-order valence-electron chi connectivity index (χ3n) is 8.15. The Morgan fingerprint density at radius 3 is 0.895 bits per heavy atom. The molecule has 0 fully saturated rings. The summed E-state index contributed by atoms with van der Waals surface area (Å²) in [5.41, 5.74) is 15.4. The van der Waals surface area contributed by atoms with E-state index in [1.807, 2.05) is 0 Å². The molecule has 0 aliphatic heterocycles. The Morgan fingerprint density at radius 1 is 0.395 bits per heavy atom. The molecule has 1 heteroatoms. The van der Waals surface area contributed by atoms with E-state index in [0.29, 0.717) is 0 Å². The molecule has 0 bridgehead atoms. The Bertz CT molecular complexity index is 1290. The summed E-state index contributed by atoms with van der Waals surface area (Å²) >= 11 is 0. The third-order valence-corrected chi connectivity index (χ3v) is 13.3. The van der Waals surface area contributed by atoms with Crippen LogP contribution < -0.4 is 21.2 Å². The molecule has 0 N–H and O–H groups in total. The first kappa shape index (κ1) is 28.3. The monoisotopic (exact) mass is 521 g/mol. The fourth-order valence-corrected chi connectivity index (χ4v) is 12.9. The Morgan fingerprint density at radius 2 is 0.658 bits per heavy atom. The van der Waals surface area contributed by atoms with Crippen molar-refractivity contribution in [1.82, 2.24) is 0 Å². The molecule has 0 amide bonds. The fraction of sp³-hybridized carbons (Fsp3) is 0.351. The van der Waals surface area contributed by atoms with Crippen molar-refractivity contribution in [2.45, 2.75) is 89.0 Å². The van der Waals surface area contributed by atoms with E-state index >= 15 is 0 Å². The molecular weight excluding hydrogens is 475 g/mol. The minimum absolute atomic E-state index is 1.05. The van der Waals surface area contributed by atoms with Gasteiger partial charge in [-0.3, -0.25) is 0 Å². The van der Waals surface area contributed by atoms with Gasteiger partial charge in [-0.25, -0.2) is 0 Å². The van der Waals surface area contributed by atoms with E-state index in [2.05, 4.69) is 131 Å². The van der Waals surface area contributed by atoms with E-state index in [1.165, 1.54) is 66.5 Å². The molecule has 0 unspecified atom stereocenters. The van der Waals surface area contributed by atoms with Crippen LogP contribution in [-0.2, 0) is 12.8 Å². The molecule has 38 heavy (non-hydrogen) atoms. The van der Waals surface area contributed by atoms with Crippen LogP contribution >= 0.6 is 7.26 Å². The number of hydrogen-bond donors (Lipinski definition) is 0. The maximum atomic E-state index is 2.56. The van der Waals surface area contributed by atoms with Crippen LogP contribution in [0.4, 0.5) is 0 Å². The highest BCUT2D eigenvalue weighted by molar-refractivity contribution is 8.02. The van der Waals surface area contributed by atoms with E-state index in [9.17, 15) is 0 Å². The van der Waals surface area contributed by atoms with Gasteiger partial charge in [0, 0.05) is 0 Å². The van der Waals surface area contributed by atoms with Gasteiger partial charge in [-0.05, 0) is 132 Å². The highest BCUT2D eigenvalue weighted by Crippen LogP contribution is 2.59. The van der Waals surface area contributed by atoms with Crippen LogP contribution in [0.15, 0.2) is 54.6 Å². The molecule has 0 atom stereocenters. The summed E-state index contributed by atoms with van der Waals surface area (Å²) in [5, 5.41) is 6.14. The van der Waals surface area contributed by atoms with Crippen LogP contribution in [0.2, 0.25) is 0 Å². The lowest BCUT2D eigenvalue weighted by Crippen LogP contribution is -2.45. The van der Waals surface area contributed by atoms with Gasteiger partial charge >= 0.3 is 0 Å². The molecule has 4 aromatic rings. The van der Waals surface area contributed by atoms with E-state index in [0.717, 1.165) is 12.8 Å². The molecule has 0 aliphatic carbocycles. The molecule has 0 saturated heterocycles. The van der Waals surface area contributed by atoms with Crippen molar-refractivity contribution >= 4 is 28.5 Å². The van der Waals surface area contributed by atoms with E-state index in [-0.39, 0.29) is 0 Å². The molecule has 4 aromatic carbocycles. The Hall–Kier alpha value is -2.69. The zero-order valence-corrected chi connectivity index (χ0v) is 26.5. The van der Waals surface area contributed by atoms with E-state index in [1.54, 1.807) is 15.9 Å². The van der Waals surface area contributed by atoms with Crippen molar-refractivity contribution in [2.75, 3.05) is 0 Å². The van der Waals surface area contributed by atoms with Crippen molar-refractivity contribution < 1.29 is 0 Å².